The largest absolute Gasteiger partial charge is 0.395 e. The van der Waals surface area contributed by atoms with E-state index in [4.69, 9.17) is 16.7 Å². The van der Waals surface area contributed by atoms with E-state index >= 15 is 0 Å². The Morgan fingerprint density at radius 2 is 2.16 bits per heavy atom. The molecule has 0 saturated heterocycles. The smallest absolute Gasteiger partial charge is 0.258 e. The molecule has 0 aliphatic rings. The quantitative estimate of drug-likeness (QED) is 0.844. The van der Waals surface area contributed by atoms with Crippen LogP contribution in [0.25, 0.3) is 5.95 Å². The Balaban J connectivity index is 2.40. The first kappa shape index (κ1) is 13.6. The molecule has 0 aliphatic carbocycles. The van der Waals surface area contributed by atoms with E-state index in [1.165, 1.54) is 17.3 Å². The number of anilines is 1. The van der Waals surface area contributed by atoms with Gasteiger partial charge in [0.15, 0.2) is 0 Å². The van der Waals surface area contributed by atoms with Crippen LogP contribution in [0.1, 0.15) is 13.8 Å². The van der Waals surface area contributed by atoms with Crippen molar-refractivity contribution in [1.29, 1.82) is 0 Å². The maximum absolute atomic E-state index is 9.10. The predicted molar refractivity (Wildman–Crippen MR) is 69.3 cm³/mol. The molecule has 0 saturated carbocycles. The zero-order valence-corrected chi connectivity index (χ0v) is 11.4. The van der Waals surface area contributed by atoms with Crippen molar-refractivity contribution >= 4 is 17.5 Å². The van der Waals surface area contributed by atoms with Crippen LogP contribution in [0.5, 0.6) is 0 Å². The Morgan fingerprint density at radius 1 is 1.37 bits per heavy atom. The molecule has 0 aliphatic heterocycles. The molecule has 2 heterocycles. The number of hydrogen-bond acceptors (Lipinski definition) is 7. The van der Waals surface area contributed by atoms with Crippen LogP contribution in [-0.4, -0.2) is 54.0 Å². The minimum Gasteiger partial charge on any atom is -0.395 e. The van der Waals surface area contributed by atoms with Gasteiger partial charge < -0.3 is 10.0 Å². The molecule has 9 heteroatoms. The van der Waals surface area contributed by atoms with Gasteiger partial charge in [-0.2, -0.15) is 24.7 Å². The van der Waals surface area contributed by atoms with E-state index in [0.717, 1.165) is 0 Å². The molecular weight excluding hydrogens is 270 g/mol. The van der Waals surface area contributed by atoms with Crippen molar-refractivity contribution in [1.82, 2.24) is 29.7 Å². The molecule has 8 nitrogen and oxygen atoms in total. The first-order valence-electron chi connectivity index (χ1n) is 5.76. The zero-order valence-electron chi connectivity index (χ0n) is 10.6. The molecule has 102 valence electrons. The standard InChI is InChI=1S/C10H14ClN7O/c1-7(2)17(3-4-19)9-14-8(11)15-10(16-9)18-6-12-5-13-18/h5-7,19H,3-4H2,1-2H3. The second-order valence-corrected chi connectivity index (χ2v) is 4.39. The summed E-state index contributed by atoms with van der Waals surface area (Å²) < 4.78 is 1.40. The second-order valence-electron chi connectivity index (χ2n) is 4.06. The lowest BCUT2D eigenvalue weighted by atomic mass is 10.3. The average Bonchev–Trinajstić information content (AvgIpc) is 2.88. The minimum atomic E-state index is 0.000140. The van der Waals surface area contributed by atoms with Crippen molar-refractivity contribution in [3.8, 4) is 5.95 Å². The number of aliphatic hydroxyl groups is 1. The van der Waals surface area contributed by atoms with Gasteiger partial charge in [-0.1, -0.05) is 0 Å². The summed E-state index contributed by atoms with van der Waals surface area (Å²) in [6.45, 7) is 4.36. The van der Waals surface area contributed by atoms with Crippen LogP contribution in [0.2, 0.25) is 5.28 Å². The highest BCUT2D eigenvalue weighted by Crippen LogP contribution is 2.15. The number of aliphatic hydroxyl groups excluding tert-OH is 1. The number of nitrogens with zero attached hydrogens (tertiary/aromatic N) is 7. The first-order chi connectivity index (χ1) is 9.11. The van der Waals surface area contributed by atoms with Crippen LogP contribution in [0, 0.1) is 0 Å². The van der Waals surface area contributed by atoms with E-state index in [2.05, 4.69) is 25.0 Å². The Morgan fingerprint density at radius 3 is 2.74 bits per heavy atom. The highest BCUT2D eigenvalue weighted by atomic mass is 35.5. The number of halogens is 1. The molecule has 2 aromatic heterocycles. The van der Waals surface area contributed by atoms with Gasteiger partial charge >= 0.3 is 0 Å². The van der Waals surface area contributed by atoms with E-state index in [1.807, 2.05) is 18.7 Å². The molecular formula is C10H14ClN7O. The maximum Gasteiger partial charge on any atom is 0.258 e. The molecule has 1 N–H and O–H groups in total. The lowest BCUT2D eigenvalue weighted by Crippen LogP contribution is -2.35. The minimum absolute atomic E-state index is 0.000140. The van der Waals surface area contributed by atoms with Gasteiger partial charge in [-0.15, -0.1) is 0 Å². The molecule has 0 unspecified atom stereocenters. The molecule has 0 amide bonds. The third-order valence-corrected chi connectivity index (χ3v) is 2.60. The SMILES string of the molecule is CC(C)N(CCO)c1nc(Cl)nc(-n2cncn2)n1. The lowest BCUT2D eigenvalue weighted by molar-refractivity contribution is 0.298. The van der Waals surface area contributed by atoms with Crippen LogP contribution >= 0.6 is 11.6 Å². The maximum atomic E-state index is 9.10. The molecule has 0 aromatic carbocycles. The van der Waals surface area contributed by atoms with E-state index < -0.39 is 0 Å². The van der Waals surface area contributed by atoms with Gasteiger partial charge in [0, 0.05) is 12.6 Å². The van der Waals surface area contributed by atoms with Crippen molar-refractivity contribution in [2.75, 3.05) is 18.1 Å². The van der Waals surface area contributed by atoms with Crippen molar-refractivity contribution in [3.05, 3.63) is 17.9 Å². The summed E-state index contributed by atoms with van der Waals surface area (Å²) in [4.78, 5) is 18.0. The summed E-state index contributed by atoms with van der Waals surface area (Å²) in [6, 6.07) is 0.120. The summed E-state index contributed by atoms with van der Waals surface area (Å²) in [5.74, 6) is 0.686. The van der Waals surface area contributed by atoms with Gasteiger partial charge in [0.1, 0.15) is 12.7 Å². The number of aromatic nitrogens is 6. The van der Waals surface area contributed by atoms with E-state index in [9.17, 15) is 0 Å². The third-order valence-electron chi connectivity index (χ3n) is 2.43. The van der Waals surface area contributed by atoms with Crippen molar-refractivity contribution in [3.63, 3.8) is 0 Å². The molecule has 0 bridgehead atoms. The fourth-order valence-electron chi connectivity index (χ4n) is 1.57. The zero-order chi connectivity index (χ0) is 13.8. The summed E-state index contributed by atoms with van der Waals surface area (Å²) in [7, 11) is 0. The van der Waals surface area contributed by atoms with Gasteiger partial charge in [0.05, 0.1) is 6.61 Å². The monoisotopic (exact) mass is 283 g/mol. The third kappa shape index (κ3) is 3.15. The molecule has 2 aromatic rings. The van der Waals surface area contributed by atoms with Gasteiger partial charge in [-0.3, -0.25) is 0 Å². The second kappa shape index (κ2) is 5.89. The van der Waals surface area contributed by atoms with Crippen LogP contribution in [-0.2, 0) is 0 Å². The van der Waals surface area contributed by atoms with Crippen LogP contribution in [0.15, 0.2) is 12.7 Å². The summed E-state index contributed by atoms with van der Waals surface area (Å²) in [6.07, 6.45) is 2.85. The molecule has 2 rings (SSSR count). The molecule has 0 radical (unpaired) electrons. The fourth-order valence-corrected chi connectivity index (χ4v) is 1.72. The molecule has 0 spiro atoms. The summed E-state index contributed by atoms with van der Waals surface area (Å²) in [5, 5.41) is 13.1. The van der Waals surface area contributed by atoms with Crippen molar-refractivity contribution in [2.45, 2.75) is 19.9 Å². The highest BCUT2D eigenvalue weighted by Gasteiger charge is 2.16. The van der Waals surface area contributed by atoms with E-state index in [1.54, 1.807) is 0 Å². The van der Waals surface area contributed by atoms with Gasteiger partial charge in [0.2, 0.25) is 11.2 Å². The predicted octanol–water partition coefficient (Wildman–Crippen LogP) is 0.313. The summed E-state index contributed by atoms with van der Waals surface area (Å²) in [5.41, 5.74) is 0. The Labute approximate surface area is 115 Å². The van der Waals surface area contributed by atoms with Crippen molar-refractivity contribution < 1.29 is 5.11 Å². The van der Waals surface area contributed by atoms with E-state index in [0.29, 0.717) is 12.5 Å². The molecule has 19 heavy (non-hydrogen) atoms. The Hall–Kier alpha value is -1.80. The summed E-state index contributed by atoms with van der Waals surface area (Å²) >= 11 is 5.90. The molecule has 0 fully saturated rings. The number of rotatable bonds is 5. The first-order valence-corrected chi connectivity index (χ1v) is 6.13. The Kier molecular flexibility index (Phi) is 4.23. The molecule has 0 atom stereocenters. The normalized spacial score (nSPS) is 11.0. The van der Waals surface area contributed by atoms with Crippen molar-refractivity contribution in [2.24, 2.45) is 0 Å². The van der Waals surface area contributed by atoms with E-state index in [-0.39, 0.29) is 23.9 Å². The van der Waals surface area contributed by atoms with Gasteiger partial charge in [-0.25, -0.2) is 4.98 Å². The average molecular weight is 284 g/mol. The van der Waals surface area contributed by atoms with Crippen LogP contribution in [0.3, 0.4) is 0 Å². The topological polar surface area (TPSA) is 92.8 Å². The van der Waals surface area contributed by atoms with Gasteiger partial charge in [0.25, 0.3) is 5.95 Å². The fraction of sp³-hybridized carbons (Fsp3) is 0.500. The van der Waals surface area contributed by atoms with Crippen LogP contribution < -0.4 is 4.90 Å². The van der Waals surface area contributed by atoms with Gasteiger partial charge in [-0.05, 0) is 25.4 Å². The Bertz CT molecular complexity index is 531. The number of hydrogen-bond donors (Lipinski definition) is 1. The lowest BCUT2D eigenvalue weighted by Gasteiger charge is -2.25. The van der Waals surface area contributed by atoms with Crippen LogP contribution in [0.4, 0.5) is 5.95 Å². The highest BCUT2D eigenvalue weighted by molar-refractivity contribution is 6.28.